The highest BCUT2D eigenvalue weighted by molar-refractivity contribution is 5.41. The third-order valence-corrected chi connectivity index (χ3v) is 1.49. The summed E-state index contributed by atoms with van der Waals surface area (Å²) in [6.45, 7) is 2.82. The third-order valence-electron chi connectivity index (χ3n) is 1.49. The van der Waals surface area contributed by atoms with E-state index in [2.05, 4.69) is 0 Å². The summed E-state index contributed by atoms with van der Waals surface area (Å²) in [7, 11) is 0. The first-order valence-electron chi connectivity index (χ1n) is 3.86. The molecule has 0 aliphatic carbocycles. The zero-order chi connectivity index (χ0) is 8.97. The average molecular weight is 167 g/mol. The molecule has 0 saturated carbocycles. The Morgan fingerprint density at radius 1 is 1.50 bits per heavy atom. The van der Waals surface area contributed by atoms with Crippen LogP contribution in [0.4, 0.5) is 0 Å². The van der Waals surface area contributed by atoms with Gasteiger partial charge in [0.05, 0.1) is 0 Å². The fourth-order valence-corrected chi connectivity index (χ4v) is 0.906. The Morgan fingerprint density at radius 2 is 2.25 bits per heavy atom. The molecule has 1 aromatic rings. The maximum atomic E-state index is 9.30. The topological polar surface area (TPSA) is 55.5 Å². The molecule has 66 valence electrons. The SMILES string of the molecule is Cc1ccc(O)c(OCCN)c1. The number of ether oxygens (including phenoxy) is 1. The lowest BCUT2D eigenvalue weighted by molar-refractivity contribution is 0.308. The largest absolute Gasteiger partial charge is 0.504 e. The molecule has 0 aromatic heterocycles. The number of rotatable bonds is 3. The van der Waals surface area contributed by atoms with Gasteiger partial charge < -0.3 is 15.6 Å². The second-order valence-corrected chi connectivity index (χ2v) is 2.61. The number of nitrogens with two attached hydrogens (primary N) is 1. The van der Waals surface area contributed by atoms with Gasteiger partial charge in [-0.05, 0) is 24.6 Å². The molecule has 1 rings (SSSR count). The van der Waals surface area contributed by atoms with Crippen LogP contribution < -0.4 is 10.5 Å². The zero-order valence-electron chi connectivity index (χ0n) is 7.08. The van der Waals surface area contributed by atoms with Crippen molar-refractivity contribution in [3.63, 3.8) is 0 Å². The summed E-state index contributed by atoms with van der Waals surface area (Å²) in [6, 6.07) is 5.22. The van der Waals surface area contributed by atoms with Crippen LogP contribution >= 0.6 is 0 Å². The first kappa shape index (κ1) is 8.87. The summed E-state index contributed by atoms with van der Waals surface area (Å²) in [5.74, 6) is 0.662. The van der Waals surface area contributed by atoms with Gasteiger partial charge in [0, 0.05) is 6.54 Å². The van der Waals surface area contributed by atoms with Gasteiger partial charge in [-0.15, -0.1) is 0 Å². The van der Waals surface area contributed by atoms with Gasteiger partial charge >= 0.3 is 0 Å². The number of hydrogen-bond acceptors (Lipinski definition) is 3. The van der Waals surface area contributed by atoms with E-state index in [1.54, 1.807) is 12.1 Å². The summed E-state index contributed by atoms with van der Waals surface area (Å²) in [5.41, 5.74) is 6.31. The van der Waals surface area contributed by atoms with Crippen molar-refractivity contribution in [2.24, 2.45) is 5.73 Å². The standard InChI is InChI=1S/C9H13NO2/c1-7-2-3-8(11)9(6-7)12-5-4-10/h2-3,6,11H,4-5,10H2,1H3. The Morgan fingerprint density at radius 3 is 2.92 bits per heavy atom. The number of phenolic OH excluding ortho intramolecular Hbond substituents is 1. The van der Waals surface area contributed by atoms with Gasteiger partial charge in [0.2, 0.25) is 0 Å². The Kier molecular flexibility index (Phi) is 2.94. The summed E-state index contributed by atoms with van der Waals surface area (Å²) in [4.78, 5) is 0. The first-order chi connectivity index (χ1) is 5.74. The minimum Gasteiger partial charge on any atom is -0.504 e. The summed E-state index contributed by atoms with van der Waals surface area (Å²) in [5, 5.41) is 9.30. The van der Waals surface area contributed by atoms with E-state index in [0.29, 0.717) is 18.9 Å². The molecule has 0 amide bonds. The number of hydrogen-bond donors (Lipinski definition) is 2. The summed E-state index contributed by atoms with van der Waals surface area (Å²) < 4.78 is 5.19. The molecule has 3 nitrogen and oxygen atoms in total. The molecule has 0 radical (unpaired) electrons. The molecule has 0 aliphatic rings. The van der Waals surface area contributed by atoms with Crippen molar-refractivity contribution < 1.29 is 9.84 Å². The van der Waals surface area contributed by atoms with Gasteiger partial charge in [-0.2, -0.15) is 0 Å². The van der Waals surface area contributed by atoms with Crippen molar-refractivity contribution >= 4 is 0 Å². The molecule has 0 fully saturated rings. The number of phenols is 1. The average Bonchev–Trinajstić information content (AvgIpc) is 2.07. The molecule has 0 unspecified atom stereocenters. The van der Waals surface area contributed by atoms with Crippen LogP contribution in [-0.2, 0) is 0 Å². The quantitative estimate of drug-likeness (QED) is 0.707. The number of benzene rings is 1. The lowest BCUT2D eigenvalue weighted by Crippen LogP contribution is -2.10. The minimum absolute atomic E-state index is 0.161. The third kappa shape index (κ3) is 2.13. The molecule has 3 heteroatoms. The fourth-order valence-electron chi connectivity index (χ4n) is 0.906. The maximum absolute atomic E-state index is 9.30. The zero-order valence-corrected chi connectivity index (χ0v) is 7.08. The van der Waals surface area contributed by atoms with Gasteiger partial charge in [-0.25, -0.2) is 0 Å². The molecular formula is C9H13NO2. The Hall–Kier alpha value is -1.22. The molecule has 0 bridgehead atoms. The van der Waals surface area contributed by atoms with Crippen molar-refractivity contribution in [2.75, 3.05) is 13.2 Å². The molecule has 0 aliphatic heterocycles. The van der Waals surface area contributed by atoms with E-state index in [-0.39, 0.29) is 5.75 Å². The van der Waals surface area contributed by atoms with Crippen LogP contribution in [0.3, 0.4) is 0 Å². The molecule has 0 heterocycles. The lowest BCUT2D eigenvalue weighted by atomic mass is 10.2. The van der Waals surface area contributed by atoms with Crippen LogP contribution in [-0.4, -0.2) is 18.3 Å². The highest BCUT2D eigenvalue weighted by Crippen LogP contribution is 2.26. The highest BCUT2D eigenvalue weighted by atomic mass is 16.5. The van der Waals surface area contributed by atoms with E-state index < -0.39 is 0 Å². The van der Waals surface area contributed by atoms with Gasteiger partial charge in [-0.3, -0.25) is 0 Å². The molecular weight excluding hydrogens is 154 g/mol. The first-order valence-corrected chi connectivity index (χ1v) is 3.86. The lowest BCUT2D eigenvalue weighted by Gasteiger charge is -2.06. The Labute approximate surface area is 71.8 Å². The van der Waals surface area contributed by atoms with Crippen LogP contribution in [0.1, 0.15) is 5.56 Å². The molecule has 0 atom stereocenters. The van der Waals surface area contributed by atoms with Crippen molar-refractivity contribution in [3.8, 4) is 11.5 Å². The number of aryl methyl sites for hydroxylation is 1. The van der Waals surface area contributed by atoms with E-state index in [1.807, 2.05) is 13.0 Å². The molecule has 0 saturated heterocycles. The normalized spacial score (nSPS) is 9.83. The second kappa shape index (κ2) is 3.97. The summed E-state index contributed by atoms with van der Waals surface area (Å²) >= 11 is 0. The van der Waals surface area contributed by atoms with Crippen molar-refractivity contribution in [3.05, 3.63) is 23.8 Å². The maximum Gasteiger partial charge on any atom is 0.161 e. The monoisotopic (exact) mass is 167 g/mol. The predicted octanol–water partition coefficient (Wildman–Crippen LogP) is 1.04. The van der Waals surface area contributed by atoms with Gasteiger partial charge in [0.25, 0.3) is 0 Å². The van der Waals surface area contributed by atoms with Crippen LogP contribution in [0.25, 0.3) is 0 Å². The van der Waals surface area contributed by atoms with Crippen LogP contribution in [0.5, 0.6) is 11.5 Å². The van der Waals surface area contributed by atoms with Gasteiger partial charge in [0.15, 0.2) is 11.5 Å². The Bertz CT molecular complexity index is 261. The van der Waals surface area contributed by atoms with Gasteiger partial charge in [-0.1, -0.05) is 6.07 Å². The van der Waals surface area contributed by atoms with Crippen molar-refractivity contribution in [1.29, 1.82) is 0 Å². The second-order valence-electron chi connectivity index (χ2n) is 2.61. The predicted molar refractivity (Wildman–Crippen MR) is 47.4 cm³/mol. The van der Waals surface area contributed by atoms with Crippen molar-refractivity contribution in [2.45, 2.75) is 6.92 Å². The molecule has 12 heavy (non-hydrogen) atoms. The van der Waals surface area contributed by atoms with E-state index >= 15 is 0 Å². The Balaban J connectivity index is 2.75. The smallest absolute Gasteiger partial charge is 0.161 e. The van der Waals surface area contributed by atoms with Crippen molar-refractivity contribution in [1.82, 2.24) is 0 Å². The van der Waals surface area contributed by atoms with E-state index in [0.717, 1.165) is 5.56 Å². The minimum atomic E-state index is 0.161. The number of aromatic hydroxyl groups is 1. The fraction of sp³-hybridized carbons (Fsp3) is 0.333. The molecule has 3 N–H and O–H groups in total. The van der Waals surface area contributed by atoms with E-state index in [9.17, 15) is 5.11 Å². The highest BCUT2D eigenvalue weighted by Gasteiger charge is 2.00. The van der Waals surface area contributed by atoms with E-state index in [4.69, 9.17) is 10.5 Å². The summed E-state index contributed by atoms with van der Waals surface area (Å²) in [6.07, 6.45) is 0. The van der Waals surface area contributed by atoms with Crippen LogP contribution in [0.15, 0.2) is 18.2 Å². The van der Waals surface area contributed by atoms with E-state index in [1.165, 1.54) is 0 Å². The van der Waals surface area contributed by atoms with Crippen LogP contribution in [0.2, 0.25) is 0 Å². The van der Waals surface area contributed by atoms with Gasteiger partial charge in [0.1, 0.15) is 6.61 Å². The van der Waals surface area contributed by atoms with Crippen LogP contribution in [0, 0.1) is 6.92 Å². The molecule has 1 aromatic carbocycles. The molecule has 0 spiro atoms.